The number of carbonyl (C=O) groups excluding carboxylic acids is 2. The molecule has 0 radical (unpaired) electrons. The first kappa shape index (κ1) is 19.0. The molecule has 2 N–H and O–H groups in total. The second kappa shape index (κ2) is 8.72. The largest absolute Gasteiger partial charge is 0.462 e. The number of nitrogens with one attached hydrogen (secondary N) is 2. The van der Waals surface area contributed by atoms with E-state index >= 15 is 0 Å². The number of anilines is 4. The summed E-state index contributed by atoms with van der Waals surface area (Å²) >= 11 is 0. The predicted octanol–water partition coefficient (Wildman–Crippen LogP) is 3.74. The van der Waals surface area contributed by atoms with Crippen LogP contribution in [0.1, 0.15) is 34.6 Å². The standard InChI is InChI=1S/C20H19N5O3/c1-3-28-19(27)14-7-9-16(10-8-14)22-18-12-21-25-20(24-18)23-17-6-4-5-15(11-17)13(2)26/h4-12H,3H2,1-2H3,(H2,22,23,24,25). The van der Waals surface area contributed by atoms with Crippen molar-refractivity contribution in [1.29, 1.82) is 0 Å². The summed E-state index contributed by atoms with van der Waals surface area (Å²) in [6, 6.07) is 13.9. The van der Waals surface area contributed by atoms with Crippen LogP contribution in [0.2, 0.25) is 0 Å². The first-order valence-corrected chi connectivity index (χ1v) is 8.67. The molecule has 1 aromatic heterocycles. The number of Topliss-reactive ketones (excluding diaryl/α,β-unsaturated/α-hetero) is 1. The highest BCUT2D eigenvalue weighted by Crippen LogP contribution is 2.18. The number of ether oxygens (including phenoxy) is 1. The molecule has 0 aliphatic rings. The summed E-state index contributed by atoms with van der Waals surface area (Å²) in [7, 11) is 0. The van der Waals surface area contributed by atoms with Crippen LogP contribution in [0.5, 0.6) is 0 Å². The summed E-state index contributed by atoms with van der Waals surface area (Å²) in [6.45, 7) is 3.60. The topological polar surface area (TPSA) is 106 Å². The highest BCUT2D eigenvalue weighted by Gasteiger charge is 2.07. The molecular weight excluding hydrogens is 358 g/mol. The highest BCUT2D eigenvalue weighted by atomic mass is 16.5. The maximum atomic E-state index is 11.7. The Morgan fingerprint density at radius 2 is 1.79 bits per heavy atom. The van der Waals surface area contributed by atoms with Crippen LogP contribution in [-0.4, -0.2) is 33.5 Å². The number of benzene rings is 2. The molecule has 1 heterocycles. The number of ketones is 1. The van der Waals surface area contributed by atoms with Crippen molar-refractivity contribution >= 4 is 34.9 Å². The van der Waals surface area contributed by atoms with Crippen molar-refractivity contribution in [1.82, 2.24) is 15.2 Å². The molecule has 0 aliphatic heterocycles. The molecule has 0 aliphatic carbocycles. The number of carbonyl (C=O) groups is 2. The Kier molecular flexibility index (Phi) is 5.91. The molecule has 0 atom stereocenters. The number of aromatic nitrogens is 3. The zero-order chi connectivity index (χ0) is 19.9. The second-order valence-electron chi connectivity index (χ2n) is 5.85. The zero-order valence-electron chi connectivity index (χ0n) is 15.5. The van der Waals surface area contributed by atoms with Gasteiger partial charge < -0.3 is 15.4 Å². The SMILES string of the molecule is CCOC(=O)c1ccc(Nc2cnnc(Nc3cccc(C(C)=O)c3)n2)cc1. The van der Waals surface area contributed by atoms with Crippen LogP contribution in [0.4, 0.5) is 23.1 Å². The lowest BCUT2D eigenvalue weighted by molar-refractivity contribution is 0.0526. The van der Waals surface area contributed by atoms with Gasteiger partial charge in [0.05, 0.1) is 18.4 Å². The van der Waals surface area contributed by atoms with Gasteiger partial charge in [0.25, 0.3) is 0 Å². The fourth-order valence-corrected chi connectivity index (χ4v) is 2.41. The van der Waals surface area contributed by atoms with Crippen LogP contribution in [-0.2, 0) is 4.74 Å². The van der Waals surface area contributed by atoms with E-state index < -0.39 is 0 Å². The van der Waals surface area contributed by atoms with Crippen molar-refractivity contribution in [2.24, 2.45) is 0 Å². The minimum Gasteiger partial charge on any atom is -0.462 e. The van der Waals surface area contributed by atoms with Crippen LogP contribution in [0.15, 0.2) is 54.7 Å². The van der Waals surface area contributed by atoms with Crippen LogP contribution in [0.3, 0.4) is 0 Å². The van der Waals surface area contributed by atoms with Gasteiger partial charge in [-0.05, 0) is 50.2 Å². The molecule has 0 saturated heterocycles. The Bertz CT molecular complexity index is 989. The third kappa shape index (κ3) is 4.88. The number of hydrogen-bond donors (Lipinski definition) is 2. The van der Waals surface area contributed by atoms with Gasteiger partial charge in [-0.25, -0.2) is 4.79 Å². The third-order valence-corrected chi connectivity index (χ3v) is 3.75. The van der Waals surface area contributed by atoms with E-state index in [1.54, 1.807) is 49.4 Å². The fraction of sp³-hybridized carbons (Fsp3) is 0.150. The maximum Gasteiger partial charge on any atom is 0.338 e. The van der Waals surface area contributed by atoms with E-state index in [0.717, 1.165) is 5.69 Å². The summed E-state index contributed by atoms with van der Waals surface area (Å²) in [4.78, 5) is 27.5. The summed E-state index contributed by atoms with van der Waals surface area (Å²) in [5, 5.41) is 14.0. The van der Waals surface area contributed by atoms with E-state index in [0.29, 0.717) is 29.2 Å². The Morgan fingerprint density at radius 3 is 2.50 bits per heavy atom. The van der Waals surface area contributed by atoms with Crippen molar-refractivity contribution in [3.05, 3.63) is 65.9 Å². The van der Waals surface area contributed by atoms with Gasteiger partial charge in [-0.3, -0.25) is 4.79 Å². The summed E-state index contributed by atoms with van der Waals surface area (Å²) in [5.74, 6) is 0.374. The van der Waals surface area contributed by atoms with E-state index in [1.807, 2.05) is 6.07 Å². The lowest BCUT2D eigenvalue weighted by atomic mass is 10.1. The minimum atomic E-state index is -0.364. The van der Waals surface area contributed by atoms with Crippen molar-refractivity contribution in [2.75, 3.05) is 17.2 Å². The molecule has 2 aromatic carbocycles. The highest BCUT2D eigenvalue weighted by molar-refractivity contribution is 5.95. The molecule has 28 heavy (non-hydrogen) atoms. The molecule has 3 aromatic rings. The van der Waals surface area contributed by atoms with Crippen molar-refractivity contribution in [3.8, 4) is 0 Å². The molecule has 8 heteroatoms. The Morgan fingerprint density at radius 1 is 1.00 bits per heavy atom. The van der Waals surface area contributed by atoms with Crippen LogP contribution in [0, 0.1) is 0 Å². The average Bonchev–Trinajstić information content (AvgIpc) is 2.69. The van der Waals surface area contributed by atoms with Gasteiger partial charge >= 0.3 is 5.97 Å². The van der Waals surface area contributed by atoms with Crippen LogP contribution in [0.25, 0.3) is 0 Å². The molecule has 0 spiro atoms. The molecule has 8 nitrogen and oxygen atoms in total. The quantitative estimate of drug-likeness (QED) is 0.474. The fourth-order valence-electron chi connectivity index (χ4n) is 2.41. The smallest absolute Gasteiger partial charge is 0.338 e. The van der Waals surface area contributed by atoms with Crippen LogP contribution >= 0.6 is 0 Å². The molecule has 142 valence electrons. The Balaban J connectivity index is 1.70. The summed E-state index contributed by atoms with van der Waals surface area (Å²) in [6.07, 6.45) is 1.48. The molecule has 0 amide bonds. The third-order valence-electron chi connectivity index (χ3n) is 3.75. The average molecular weight is 377 g/mol. The first-order chi connectivity index (χ1) is 13.5. The second-order valence-corrected chi connectivity index (χ2v) is 5.85. The van der Waals surface area contributed by atoms with E-state index in [-0.39, 0.29) is 17.7 Å². The van der Waals surface area contributed by atoms with Gasteiger partial charge in [0.15, 0.2) is 11.6 Å². The Labute approximate surface area is 162 Å². The number of esters is 1. The molecule has 0 fully saturated rings. The molecule has 3 rings (SSSR count). The van der Waals surface area contributed by atoms with E-state index in [2.05, 4.69) is 25.8 Å². The number of nitrogens with zero attached hydrogens (tertiary/aromatic N) is 3. The van der Waals surface area contributed by atoms with Crippen molar-refractivity contribution < 1.29 is 14.3 Å². The lowest BCUT2D eigenvalue weighted by Gasteiger charge is -2.09. The zero-order valence-corrected chi connectivity index (χ0v) is 15.5. The van der Waals surface area contributed by atoms with Crippen molar-refractivity contribution in [2.45, 2.75) is 13.8 Å². The molecular formula is C20H19N5O3. The maximum absolute atomic E-state index is 11.7. The number of rotatable bonds is 7. The van der Waals surface area contributed by atoms with E-state index in [4.69, 9.17) is 4.74 Å². The molecule has 0 unspecified atom stereocenters. The lowest BCUT2D eigenvalue weighted by Crippen LogP contribution is -2.05. The van der Waals surface area contributed by atoms with Gasteiger partial charge in [0, 0.05) is 16.9 Å². The van der Waals surface area contributed by atoms with Gasteiger partial charge in [-0.2, -0.15) is 10.1 Å². The first-order valence-electron chi connectivity index (χ1n) is 8.67. The van der Waals surface area contributed by atoms with Gasteiger partial charge in [-0.15, -0.1) is 5.10 Å². The molecule has 0 saturated carbocycles. The van der Waals surface area contributed by atoms with Crippen molar-refractivity contribution in [3.63, 3.8) is 0 Å². The summed E-state index contributed by atoms with van der Waals surface area (Å²) < 4.78 is 4.96. The van der Waals surface area contributed by atoms with Gasteiger partial charge in [0.2, 0.25) is 5.95 Å². The predicted molar refractivity (Wildman–Crippen MR) is 105 cm³/mol. The minimum absolute atomic E-state index is 0.0237. The van der Waals surface area contributed by atoms with Crippen LogP contribution < -0.4 is 10.6 Å². The van der Waals surface area contributed by atoms with Gasteiger partial charge in [-0.1, -0.05) is 12.1 Å². The van der Waals surface area contributed by atoms with Gasteiger partial charge in [0.1, 0.15) is 0 Å². The Hall–Kier alpha value is -3.81. The normalized spacial score (nSPS) is 10.2. The molecule has 0 bridgehead atoms. The van der Waals surface area contributed by atoms with E-state index in [9.17, 15) is 9.59 Å². The van der Waals surface area contributed by atoms with E-state index in [1.165, 1.54) is 13.1 Å². The monoisotopic (exact) mass is 377 g/mol. The summed E-state index contributed by atoms with van der Waals surface area (Å²) in [5.41, 5.74) is 2.48. The number of hydrogen-bond acceptors (Lipinski definition) is 8.